The summed E-state index contributed by atoms with van der Waals surface area (Å²) in [6, 6.07) is 13.6. The Kier molecular flexibility index (Phi) is 19.9. The molecule has 16 nitrogen and oxygen atoms in total. The van der Waals surface area contributed by atoms with E-state index in [1.165, 1.54) is 29.8 Å². The van der Waals surface area contributed by atoms with Crippen molar-refractivity contribution in [3.05, 3.63) is 105 Å². The predicted octanol–water partition coefficient (Wildman–Crippen LogP) is 10.9. The fourth-order valence-electron chi connectivity index (χ4n) is 10.1. The van der Waals surface area contributed by atoms with Crippen LogP contribution in [-0.4, -0.2) is 153 Å². The molecule has 6 aromatic rings. The number of fused-ring (bicyclic) bond motifs is 7. The number of halogens is 3. The lowest BCUT2D eigenvalue weighted by Gasteiger charge is -2.35. The zero-order valence-corrected chi connectivity index (χ0v) is 48.4. The van der Waals surface area contributed by atoms with Gasteiger partial charge in [0.1, 0.15) is 59.2 Å². The number of methoxy groups -OCH3 is 1. The van der Waals surface area contributed by atoms with Crippen LogP contribution in [0.3, 0.4) is 0 Å². The molecule has 6 heterocycles. The third-order valence-electron chi connectivity index (χ3n) is 14.3. The second-order valence-electron chi connectivity index (χ2n) is 21.3. The Morgan fingerprint density at radius 1 is 0.848 bits per heavy atom. The van der Waals surface area contributed by atoms with Crippen LogP contribution in [0.25, 0.3) is 31.8 Å². The minimum Gasteiger partial charge on any atom is -0.490 e. The summed E-state index contributed by atoms with van der Waals surface area (Å²) in [4.78, 5) is 39.8. The first kappa shape index (κ1) is 58.4. The Balaban J connectivity index is 1.04. The number of carbonyl (C=O) groups is 1. The Morgan fingerprint density at radius 3 is 2.27 bits per heavy atom. The number of carbonyl (C=O) groups excluding carboxylic acids is 1. The van der Waals surface area contributed by atoms with Gasteiger partial charge in [0.05, 0.1) is 66.9 Å². The summed E-state index contributed by atoms with van der Waals surface area (Å²) in [5.74, 6) is 1.39. The average molecular weight is 1150 g/mol. The Labute approximate surface area is 476 Å². The van der Waals surface area contributed by atoms with Gasteiger partial charge in [0.25, 0.3) is 0 Å². The van der Waals surface area contributed by atoms with Crippen LogP contribution in [0.5, 0.6) is 23.1 Å². The molecule has 0 amide bonds. The molecule has 424 valence electrons. The number of ether oxygens (including phenoxy) is 9. The Bertz CT molecular complexity index is 2990. The molecule has 20 heteroatoms. The zero-order valence-electron chi connectivity index (χ0n) is 46.1. The van der Waals surface area contributed by atoms with Gasteiger partial charge in [-0.2, -0.15) is 0 Å². The molecular formula is C59H71Cl2FN6O10S. The van der Waals surface area contributed by atoms with E-state index in [0.717, 1.165) is 68.1 Å². The van der Waals surface area contributed by atoms with Crippen molar-refractivity contribution in [3.63, 3.8) is 0 Å². The summed E-state index contributed by atoms with van der Waals surface area (Å²) in [5.41, 5.74) is 3.87. The number of esters is 1. The lowest BCUT2D eigenvalue weighted by Crippen LogP contribution is -2.49. The highest BCUT2D eigenvalue weighted by molar-refractivity contribution is 7.22. The van der Waals surface area contributed by atoms with E-state index in [-0.39, 0.29) is 43.4 Å². The van der Waals surface area contributed by atoms with Crippen molar-refractivity contribution in [1.82, 2.24) is 29.7 Å². The number of likely N-dealkylation sites (N-methyl/N-ethyl adjacent to an activating group) is 1. The topological polar surface area (TPSA) is 158 Å². The average Bonchev–Trinajstić information content (AvgIpc) is 3.84. The van der Waals surface area contributed by atoms with Gasteiger partial charge >= 0.3 is 5.97 Å². The van der Waals surface area contributed by atoms with Crippen LogP contribution in [0.4, 0.5) is 4.39 Å². The first-order chi connectivity index (χ1) is 38.1. The van der Waals surface area contributed by atoms with Gasteiger partial charge in [-0.1, -0.05) is 35.3 Å². The maximum atomic E-state index is 14.7. The third-order valence-corrected chi connectivity index (χ3v) is 16.3. The molecule has 1 aliphatic carbocycles. The van der Waals surface area contributed by atoms with Gasteiger partial charge in [0.15, 0.2) is 5.75 Å². The molecule has 2 fully saturated rings. The van der Waals surface area contributed by atoms with Gasteiger partial charge in [0, 0.05) is 74.4 Å². The molecule has 4 aliphatic rings. The highest BCUT2D eigenvalue weighted by Crippen LogP contribution is 2.53. The SMILES string of the molecule is COCCOCCOCCOC1CCC(c2nccc(COc3ccc4cc3C[C@H](C(=O)OC(C)(C)C)Oc3ncnc5sc(-c6ccc(F)cc6)c(c35)-c3c(C)c(Cl)c(c(Cl)c3C)O[C@H](CN3CCN(C)CC3)CO4)n2)CC1. The number of nitrogens with zero attached hydrogens (tertiary/aromatic N) is 6. The summed E-state index contributed by atoms with van der Waals surface area (Å²) >= 11 is 16.2. The minimum atomic E-state index is -1.26. The Morgan fingerprint density at radius 2 is 1.56 bits per heavy atom. The fourth-order valence-corrected chi connectivity index (χ4v) is 11.8. The molecule has 0 N–H and O–H groups in total. The van der Waals surface area contributed by atoms with Crippen molar-refractivity contribution < 1.29 is 51.8 Å². The normalized spacial score (nSPS) is 19.4. The van der Waals surface area contributed by atoms with Gasteiger partial charge in [-0.25, -0.2) is 29.1 Å². The molecule has 1 saturated carbocycles. The van der Waals surface area contributed by atoms with Crippen LogP contribution in [0.1, 0.15) is 80.6 Å². The van der Waals surface area contributed by atoms with E-state index < -0.39 is 23.8 Å². The molecule has 4 bridgehead atoms. The van der Waals surface area contributed by atoms with E-state index in [1.807, 2.05) is 58.9 Å². The van der Waals surface area contributed by atoms with Crippen LogP contribution < -0.4 is 18.9 Å². The van der Waals surface area contributed by atoms with Gasteiger partial charge in [0.2, 0.25) is 12.0 Å². The van der Waals surface area contributed by atoms with Crippen molar-refractivity contribution in [3.8, 4) is 44.7 Å². The van der Waals surface area contributed by atoms with Gasteiger partial charge in [-0.05, 0) is 126 Å². The maximum Gasteiger partial charge on any atom is 0.348 e. The largest absolute Gasteiger partial charge is 0.490 e. The molecular weight excluding hydrogens is 1070 g/mol. The molecule has 0 radical (unpaired) electrons. The molecule has 3 aliphatic heterocycles. The summed E-state index contributed by atoms with van der Waals surface area (Å²) in [6.45, 7) is 16.7. The second-order valence-corrected chi connectivity index (χ2v) is 23.0. The summed E-state index contributed by atoms with van der Waals surface area (Å²) in [7, 11) is 3.77. The first-order valence-electron chi connectivity index (χ1n) is 27.1. The number of rotatable bonds is 18. The van der Waals surface area contributed by atoms with Gasteiger partial charge < -0.3 is 47.5 Å². The highest BCUT2D eigenvalue weighted by Gasteiger charge is 2.34. The van der Waals surface area contributed by atoms with E-state index in [4.69, 9.17) is 85.8 Å². The van der Waals surface area contributed by atoms with Crippen LogP contribution in [0.15, 0.2) is 61.1 Å². The van der Waals surface area contributed by atoms with E-state index >= 15 is 0 Å². The molecule has 79 heavy (non-hydrogen) atoms. The number of hydrogen-bond acceptors (Lipinski definition) is 17. The van der Waals surface area contributed by atoms with Gasteiger partial charge in [-0.3, -0.25) is 4.90 Å². The van der Waals surface area contributed by atoms with Crippen molar-refractivity contribution in [2.75, 3.05) is 93.1 Å². The number of thiophene rings is 1. The molecule has 3 aromatic heterocycles. The van der Waals surface area contributed by atoms with E-state index in [1.54, 1.807) is 25.4 Å². The number of hydrogen-bond donors (Lipinski definition) is 0. The standard InChI is InChI=1S/C59H71Cl2FN6O10S/c1-36-48-37(2)52(61)53(51(36)60)76-45(32-68-22-20-67(6)21-23-68)34-74-44-16-17-46(75-33-42-18-19-63-55(66-42)39-10-14-43(15-11-39)73-29-28-72-27-26-71-25-24-70-7)40(30-44)31-47(58(69)78-59(3,4)5)77-56-50-49(48)54(79-57(50)65-35-64-56)38-8-12-41(62)13-9-38/h8-9,12-13,16-19,30,35,39,43,45,47H,10-11,14-15,20-29,31-34H2,1-7H3/t39?,43?,45-,47-/m1/s1. The first-order valence-corrected chi connectivity index (χ1v) is 28.6. The summed E-state index contributed by atoms with van der Waals surface area (Å²) in [5, 5.41) is 1.15. The molecule has 3 aromatic carbocycles. The summed E-state index contributed by atoms with van der Waals surface area (Å²) < 4.78 is 70.1. The van der Waals surface area contributed by atoms with E-state index in [9.17, 15) is 9.18 Å². The predicted molar refractivity (Wildman–Crippen MR) is 303 cm³/mol. The van der Waals surface area contributed by atoms with Crippen LogP contribution in [0.2, 0.25) is 10.0 Å². The molecule has 2 atom stereocenters. The van der Waals surface area contributed by atoms with E-state index in [0.29, 0.717) is 117 Å². The smallest absolute Gasteiger partial charge is 0.348 e. The van der Waals surface area contributed by atoms with Crippen LogP contribution >= 0.6 is 34.5 Å². The lowest BCUT2D eigenvalue weighted by molar-refractivity contribution is -0.163. The van der Waals surface area contributed by atoms with Crippen molar-refractivity contribution in [1.29, 1.82) is 0 Å². The third kappa shape index (κ3) is 15.0. The van der Waals surface area contributed by atoms with Crippen LogP contribution in [0, 0.1) is 19.7 Å². The molecule has 0 unspecified atom stereocenters. The maximum absolute atomic E-state index is 14.7. The monoisotopic (exact) mass is 1140 g/mol. The van der Waals surface area contributed by atoms with Crippen molar-refractivity contribution in [2.45, 2.75) is 103 Å². The van der Waals surface area contributed by atoms with Crippen LogP contribution in [-0.2, 0) is 41.5 Å². The zero-order chi connectivity index (χ0) is 55.6. The second kappa shape index (κ2) is 27.0. The highest BCUT2D eigenvalue weighted by atomic mass is 35.5. The number of benzene rings is 3. The van der Waals surface area contributed by atoms with Gasteiger partial charge in [-0.15, -0.1) is 11.3 Å². The molecule has 1 saturated heterocycles. The Hall–Kier alpha value is -5.28. The van der Waals surface area contributed by atoms with Crippen molar-refractivity contribution >= 4 is 50.7 Å². The lowest BCUT2D eigenvalue weighted by atomic mass is 9.87. The van der Waals surface area contributed by atoms with Crippen molar-refractivity contribution in [2.24, 2.45) is 0 Å². The molecule has 0 spiro atoms. The number of aromatic nitrogens is 4. The minimum absolute atomic E-state index is 0.0156. The summed E-state index contributed by atoms with van der Waals surface area (Å²) in [6.07, 6.45) is 5.11. The number of piperazine rings is 1. The quantitative estimate of drug-likeness (QED) is 0.0591. The molecule has 10 rings (SSSR count). The fraction of sp³-hybridized carbons (Fsp3) is 0.508. The van der Waals surface area contributed by atoms with E-state index in [2.05, 4.69) is 16.8 Å².